The summed E-state index contributed by atoms with van der Waals surface area (Å²) in [6.45, 7) is 1.98. The third-order valence-corrected chi connectivity index (χ3v) is 3.19. The minimum atomic E-state index is 0.0262. The standard InChI is InChI=1S/C12H12N2OS/c1-9-8-10(13-14(9)2)5-6-11(15)12-4-3-7-16-12/h3-8H,1-2H3/b6-5+. The first-order valence-corrected chi connectivity index (χ1v) is 5.81. The highest BCUT2D eigenvalue weighted by Gasteiger charge is 2.02. The lowest BCUT2D eigenvalue weighted by Gasteiger charge is -1.88. The Morgan fingerprint density at radius 1 is 1.56 bits per heavy atom. The van der Waals surface area contributed by atoms with Crippen molar-refractivity contribution in [2.75, 3.05) is 0 Å². The van der Waals surface area contributed by atoms with Gasteiger partial charge in [0.05, 0.1) is 10.6 Å². The summed E-state index contributed by atoms with van der Waals surface area (Å²) >= 11 is 1.45. The van der Waals surface area contributed by atoms with Crippen molar-refractivity contribution < 1.29 is 4.79 Å². The second kappa shape index (κ2) is 4.45. The molecule has 0 unspecified atom stereocenters. The molecule has 0 aliphatic carbocycles. The van der Waals surface area contributed by atoms with Crippen LogP contribution in [0.25, 0.3) is 6.08 Å². The zero-order valence-electron chi connectivity index (χ0n) is 9.18. The van der Waals surface area contributed by atoms with Crippen molar-refractivity contribution in [1.29, 1.82) is 0 Å². The molecule has 82 valence electrons. The number of hydrogen-bond acceptors (Lipinski definition) is 3. The molecule has 0 amide bonds. The van der Waals surface area contributed by atoms with Gasteiger partial charge in [0, 0.05) is 12.7 Å². The van der Waals surface area contributed by atoms with Crippen LogP contribution in [-0.2, 0) is 7.05 Å². The zero-order chi connectivity index (χ0) is 11.5. The molecule has 0 bridgehead atoms. The molecule has 0 saturated carbocycles. The average molecular weight is 232 g/mol. The van der Waals surface area contributed by atoms with Crippen LogP contribution in [-0.4, -0.2) is 15.6 Å². The Morgan fingerprint density at radius 2 is 2.38 bits per heavy atom. The number of nitrogens with zero attached hydrogens (tertiary/aromatic N) is 2. The van der Waals surface area contributed by atoms with E-state index in [-0.39, 0.29) is 5.78 Å². The van der Waals surface area contributed by atoms with E-state index in [0.717, 1.165) is 16.3 Å². The Hall–Kier alpha value is -1.68. The highest BCUT2D eigenvalue weighted by molar-refractivity contribution is 7.12. The molecule has 3 nitrogen and oxygen atoms in total. The van der Waals surface area contributed by atoms with Crippen molar-refractivity contribution in [1.82, 2.24) is 9.78 Å². The van der Waals surface area contributed by atoms with Crippen molar-refractivity contribution in [3.8, 4) is 0 Å². The molecule has 0 spiro atoms. The van der Waals surface area contributed by atoms with E-state index in [4.69, 9.17) is 0 Å². The molecular formula is C12H12N2OS. The third kappa shape index (κ3) is 2.28. The number of rotatable bonds is 3. The van der Waals surface area contributed by atoms with E-state index in [1.807, 2.05) is 37.6 Å². The van der Waals surface area contributed by atoms with Crippen LogP contribution in [0.3, 0.4) is 0 Å². The summed E-state index contributed by atoms with van der Waals surface area (Å²) in [5.74, 6) is 0.0262. The van der Waals surface area contributed by atoms with Crippen LogP contribution in [0.4, 0.5) is 0 Å². The minimum Gasteiger partial charge on any atom is -0.288 e. The maximum absolute atomic E-state index is 11.7. The molecule has 2 rings (SSSR count). The molecule has 0 aromatic carbocycles. The fourth-order valence-electron chi connectivity index (χ4n) is 1.33. The number of carbonyl (C=O) groups excluding carboxylic acids is 1. The van der Waals surface area contributed by atoms with E-state index in [0.29, 0.717) is 0 Å². The van der Waals surface area contributed by atoms with Gasteiger partial charge in [-0.05, 0) is 36.6 Å². The van der Waals surface area contributed by atoms with Gasteiger partial charge in [0.1, 0.15) is 0 Å². The predicted octanol–water partition coefficient (Wildman–Crippen LogP) is 2.69. The van der Waals surface area contributed by atoms with Gasteiger partial charge in [-0.1, -0.05) is 6.07 Å². The molecule has 16 heavy (non-hydrogen) atoms. The monoisotopic (exact) mass is 232 g/mol. The first-order valence-electron chi connectivity index (χ1n) is 4.93. The second-order valence-corrected chi connectivity index (χ2v) is 4.46. The van der Waals surface area contributed by atoms with E-state index in [1.54, 1.807) is 16.8 Å². The summed E-state index contributed by atoms with van der Waals surface area (Å²) in [5, 5.41) is 6.14. The third-order valence-electron chi connectivity index (χ3n) is 2.30. The molecule has 0 aliphatic rings. The van der Waals surface area contributed by atoms with Crippen LogP contribution < -0.4 is 0 Å². The maximum atomic E-state index is 11.7. The summed E-state index contributed by atoms with van der Waals surface area (Å²) in [7, 11) is 1.88. The largest absolute Gasteiger partial charge is 0.288 e. The number of thiophene rings is 1. The Morgan fingerprint density at radius 3 is 2.94 bits per heavy atom. The lowest BCUT2D eigenvalue weighted by Crippen LogP contribution is -1.92. The summed E-state index contributed by atoms with van der Waals surface area (Å²) in [6, 6.07) is 5.63. The van der Waals surface area contributed by atoms with E-state index < -0.39 is 0 Å². The van der Waals surface area contributed by atoms with Crippen LogP contribution >= 0.6 is 11.3 Å². The lowest BCUT2D eigenvalue weighted by atomic mass is 10.2. The molecule has 0 saturated heterocycles. The van der Waals surface area contributed by atoms with Gasteiger partial charge in [-0.15, -0.1) is 11.3 Å². The fraction of sp³-hybridized carbons (Fsp3) is 0.167. The van der Waals surface area contributed by atoms with Gasteiger partial charge in [-0.25, -0.2) is 0 Å². The van der Waals surface area contributed by atoms with Gasteiger partial charge in [-0.3, -0.25) is 9.48 Å². The molecule has 4 heteroatoms. The number of ketones is 1. The quantitative estimate of drug-likeness (QED) is 0.602. The minimum absolute atomic E-state index is 0.0262. The molecule has 0 radical (unpaired) electrons. The Bertz CT molecular complexity index is 504. The summed E-state index contributed by atoms with van der Waals surface area (Å²) < 4.78 is 1.79. The number of aromatic nitrogens is 2. The smallest absolute Gasteiger partial charge is 0.195 e. The van der Waals surface area contributed by atoms with Gasteiger partial charge in [0.2, 0.25) is 0 Å². The van der Waals surface area contributed by atoms with Gasteiger partial charge in [0.15, 0.2) is 5.78 Å². The van der Waals surface area contributed by atoms with Crippen LogP contribution in [0, 0.1) is 6.92 Å². The van der Waals surface area contributed by atoms with Crippen molar-refractivity contribution >= 4 is 23.2 Å². The van der Waals surface area contributed by atoms with Gasteiger partial charge >= 0.3 is 0 Å². The number of aryl methyl sites for hydroxylation is 2. The SMILES string of the molecule is Cc1cc(/C=C/C(=O)c2cccs2)nn1C. The molecule has 2 aromatic heterocycles. The predicted molar refractivity (Wildman–Crippen MR) is 65.6 cm³/mol. The van der Waals surface area contributed by atoms with Crippen LogP contribution in [0.2, 0.25) is 0 Å². The number of allylic oxidation sites excluding steroid dienone is 1. The Labute approximate surface area is 98.0 Å². The number of carbonyl (C=O) groups is 1. The van der Waals surface area contributed by atoms with Crippen LogP contribution in [0.15, 0.2) is 29.7 Å². The van der Waals surface area contributed by atoms with E-state index in [9.17, 15) is 4.79 Å². The summed E-state index contributed by atoms with van der Waals surface area (Å²) in [5.41, 5.74) is 1.88. The zero-order valence-corrected chi connectivity index (χ0v) is 9.99. The van der Waals surface area contributed by atoms with E-state index >= 15 is 0 Å². The van der Waals surface area contributed by atoms with Crippen molar-refractivity contribution in [3.63, 3.8) is 0 Å². The first kappa shape index (κ1) is 10.8. The lowest BCUT2D eigenvalue weighted by molar-refractivity contribution is 0.105. The average Bonchev–Trinajstić information content (AvgIpc) is 2.86. The van der Waals surface area contributed by atoms with Gasteiger partial charge in [0.25, 0.3) is 0 Å². The highest BCUT2D eigenvalue weighted by Crippen LogP contribution is 2.11. The molecule has 2 heterocycles. The molecule has 0 N–H and O–H groups in total. The molecule has 0 aliphatic heterocycles. The van der Waals surface area contributed by atoms with E-state index in [1.165, 1.54) is 11.3 Å². The Kier molecular flexibility index (Phi) is 3.01. The number of hydrogen-bond donors (Lipinski definition) is 0. The molecule has 0 atom stereocenters. The van der Waals surface area contributed by atoms with Crippen molar-refractivity contribution in [2.45, 2.75) is 6.92 Å². The van der Waals surface area contributed by atoms with Crippen molar-refractivity contribution in [2.24, 2.45) is 7.05 Å². The maximum Gasteiger partial charge on any atom is 0.195 e. The normalized spacial score (nSPS) is 11.1. The van der Waals surface area contributed by atoms with Gasteiger partial charge in [-0.2, -0.15) is 5.10 Å². The molecule has 0 fully saturated rings. The second-order valence-electron chi connectivity index (χ2n) is 3.51. The van der Waals surface area contributed by atoms with Crippen molar-refractivity contribution in [3.05, 3.63) is 45.9 Å². The van der Waals surface area contributed by atoms with Crippen LogP contribution in [0.5, 0.6) is 0 Å². The topological polar surface area (TPSA) is 34.9 Å². The Balaban J connectivity index is 2.13. The van der Waals surface area contributed by atoms with Gasteiger partial charge < -0.3 is 0 Å². The van der Waals surface area contributed by atoms with Crippen LogP contribution in [0.1, 0.15) is 21.1 Å². The first-order chi connectivity index (χ1) is 7.66. The summed E-state index contributed by atoms with van der Waals surface area (Å²) in [6.07, 6.45) is 3.31. The van der Waals surface area contributed by atoms with E-state index in [2.05, 4.69) is 5.10 Å². The fourth-order valence-corrected chi connectivity index (χ4v) is 1.98. The summed E-state index contributed by atoms with van der Waals surface area (Å²) in [4.78, 5) is 12.4. The molecular weight excluding hydrogens is 220 g/mol. The highest BCUT2D eigenvalue weighted by atomic mass is 32.1. The molecule has 2 aromatic rings.